The van der Waals surface area contributed by atoms with Gasteiger partial charge in [-0.05, 0) is 89.8 Å². The van der Waals surface area contributed by atoms with E-state index in [1.807, 2.05) is 0 Å². The van der Waals surface area contributed by atoms with Gasteiger partial charge in [-0.2, -0.15) is 0 Å². The van der Waals surface area contributed by atoms with E-state index in [0.29, 0.717) is 5.95 Å². The molecular weight excluding hydrogens is 655 g/mol. The largest absolute Gasteiger partial charge is 0.278 e. The molecule has 2 aromatic heterocycles. The van der Waals surface area contributed by atoms with Gasteiger partial charge >= 0.3 is 0 Å². The molecule has 0 N–H and O–H groups in total. The Labute approximate surface area is 311 Å². The molecule has 0 unspecified atom stereocenters. The SMILES string of the molecule is CC1(C)c2ccccc2-c2nc(-n3c4cc5ccccc5cc4c4cc5ccccc5cc43)nc(-c3ccc4c5ccccc5c5ccccc5c4c3)c21. The lowest BCUT2D eigenvalue weighted by Crippen LogP contribution is -2.18. The molecule has 3 heteroatoms. The Morgan fingerprint density at radius 1 is 0.407 bits per heavy atom. The van der Waals surface area contributed by atoms with Crippen LogP contribution in [-0.4, -0.2) is 14.5 Å². The summed E-state index contributed by atoms with van der Waals surface area (Å²) in [6, 6.07) is 59.9. The van der Waals surface area contributed by atoms with E-state index in [4.69, 9.17) is 9.97 Å². The van der Waals surface area contributed by atoms with Crippen LogP contribution < -0.4 is 0 Å². The number of nitrogens with zero attached hydrogens (tertiary/aromatic N) is 3. The second-order valence-corrected chi connectivity index (χ2v) is 15.4. The second-order valence-electron chi connectivity index (χ2n) is 15.4. The van der Waals surface area contributed by atoms with Gasteiger partial charge < -0.3 is 0 Å². The Morgan fingerprint density at radius 3 is 1.46 bits per heavy atom. The van der Waals surface area contributed by atoms with Gasteiger partial charge in [-0.3, -0.25) is 4.57 Å². The standard InChI is InChI=1S/C51H33N3/c1-51(2)44-22-12-11-21-40(44)49-47(51)48(34-23-24-39-37-19-8-7-17-35(37)36-18-9-10-20-38(36)41(39)27-34)52-50(53-49)54-45-28-32-15-5-3-13-30(32)25-42(45)43-26-31-14-4-6-16-33(31)29-46(43)54/h3-29H,1-2H3. The van der Waals surface area contributed by atoms with Crippen LogP contribution in [0.5, 0.6) is 0 Å². The van der Waals surface area contributed by atoms with Crippen LogP contribution in [0, 0.1) is 0 Å². The van der Waals surface area contributed by atoms with E-state index in [2.05, 4.69) is 182 Å². The fraction of sp³-hybridized carbons (Fsp3) is 0.0588. The molecule has 0 aliphatic heterocycles. The maximum absolute atomic E-state index is 5.70. The number of hydrogen-bond acceptors (Lipinski definition) is 2. The molecule has 54 heavy (non-hydrogen) atoms. The van der Waals surface area contributed by atoms with E-state index >= 15 is 0 Å². The van der Waals surface area contributed by atoms with Crippen LogP contribution in [0.25, 0.3) is 104 Å². The van der Waals surface area contributed by atoms with Crippen LogP contribution in [0.4, 0.5) is 0 Å². The highest BCUT2D eigenvalue weighted by Gasteiger charge is 2.40. The smallest absolute Gasteiger partial charge is 0.235 e. The Morgan fingerprint density at radius 2 is 0.870 bits per heavy atom. The number of benzene rings is 9. The van der Waals surface area contributed by atoms with Crippen molar-refractivity contribution >= 4 is 75.7 Å². The maximum Gasteiger partial charge on any atom is 0.235 e. The maximum atomic E-state index is 5.70. The minimum Gasteiger partial charge on any atom is -0.278 e. The summed E-state index contributed by atoms with van der Waals surface area (Å²) in [4.78, 5) is 11.3. The van der Waals surface area contributed by atoms with Gasteiger partial charge in [0, 0.05) is 32.9 Å². The molecule has 0 radical (unpaired) electrons. The third-order valence-electron chi connectivity index (χ3n) is 12.1. The van der Waals surface area contributed by atoms with Crippen LogP contribution >= 0.6 is 0 Å². The van der Waals surface area contributed by atoms with Gasteiger partial charge in [-0.1, -0.05) is 147 Å². The van der Waals surface area contributed by atoms with Crippen molar-refractivity contribution < 1.29 is 0 Å². The molecule has 0 atom stereocenters. The van der Waals surface area contributed by atoms with Gasteiger partial charge in [0.2, 0.25) is 5.95 Å². The minimum atomic E-state index is -0.298. The van der Waals surface area contributed by atoms with Gasteiger partial charge in [0.15, 0.2) is 0 Å². The molecule has 1 aliphatic carbocycles. The monoisotopic (exact) mass is 687 g/mol. The van der Waals surface area contributed by atoms with Crippen molar-refractivity contribution in [2.45, 2.75) is 19.3 Å². The molecule has 1 aliphatic rings. The summed E-state index contributed by atoms with van der Waals surface area (Å²) in [6.07, 6.45) is 0. The predicted octanol–water partition coefficient (Wildman–Crippen LogP) is 13.3. The molecule has 11 aromatic rings. The summed E-state index contributed by atoms with van der Waals surface area (Å²) >= 11 is 0. The van der Waals surface area contributed by atoms with Crippen LogP contribution in [0.2, 0.25) is 0 Å². The molecule has 0 saturated heterocycles. The van der Waals surface area contributed by atoms with Crippen LogP contribution in [0.3, 0.4) is 0 Å². The first-order valence-corrected chi connectivity index (χ1v) is 18.7. The molecular formula is C51H33N3. The Hall–Kier alpha value is -6.84. The average Bonchev–Trinajstić information content (AvgIpc) is 3.65. The molecule has 0 fully saturated rings. The molecule has 9 aromatic carbocycles. The van der Waals surface area contributed by atoms with Gasteiger partial charge in [0.1, 0.15) is 0 Å². The van der Waals surface area contributed by atoms with Crippen molar-refractivity contribution in [1.82, 2.24) is 14.5 Å². The Bertz CT molecular complexity index is 3290. The van der Waals surface area contributed by atoms with Crippen molar-refractivity contribution in [1.29, 1.82) is 0 Å². The molecule has 0 spiro atoms. The van der Waals surface area contributed by atoms with E-state index in [0.717, 1.165) is 28.0 Å². The number of fused-ring (bicyclic) bond motifs is 14. The normalized spacial score (nSPS) is 13.5. The first kappa shape index (κ1) is 29.7. The average molecular weight is 688 g/mol. The molecule has 0 bridgehead atoms. The molecule has 3 nitrogen and oxygen atoms in total. The van der Waals surface area contributed by atoms with Crippen LogP contribution in [0.15, 0.2) is 164 Å². The number of aromatic nitrogens is 3. The van der Waals surface area contributed by atoms with E-state index < -0.39 is 0 Å². The van der Waals surface area contributed by atoms with Crippen LogP contribution in [-0.2, 0) is 5.41 Å². The minimum absolute atomic E-state index is 0.298. The van der Waals surface area contributed by atoms with Gasteiger partial charge in [-0.15, -0.1) is 0 Å². The predicted molar refractivity (Wildman–Crippen MR) is 227 cm³/mol. The lowest BCUT2D eigenvalue weighted by Gasteiger charge is -2.24. The highest BCUT2D eigenvalue weighted by Crippen LogP contribution is 2.52. The second kappa shape index (κ2) is 10.6. The highest BCUT2D eigenvalue weighted by molar-refractivity contribution is 6.26. The third-order valence-corrected chi connectivity index (χ3v) is 12.1. The van der Waals surface area contributed by atoms with Crippen molar-refractivity contribution in [3.8, 4) is 28.5 Å². The van der Waals surface area contributed by atoms with Crippen LogP contribution in [0.1, 0.15) is 25.0 Å². The van der Waals surface area contributed by atoms with Gasteiger partial charge in [0.05, 0.1) is 22.4 Å². The van der Waals surface area contributed by atoms with E-state index in [-0.39, 0.29) is 5.41 Å². The summed E-state index contributed by atoms with van der Waals surface area (Å²) < 4.78 is 2.31. The number of hydrogen-bond donors (Lipinski definition) is 0. The zero-order valence-electron chi connectivity index (χ0n) is 29.9. The highest BCUT2D eigenvalue weighted by atomic mass is 15.2. The van der Waals surface area contributed by atoms with Crippen molar-refractivity contribution in [2.75, 3.05) is 0 Å². The Kier molecular flexibility index (Phi) is 5.84. The van der Waals surface area contributed by atoms with E-state index in [9.17, 15) is 0 Å². The summed E-state index contributed by atoms with van der Waals surface area (Å²) in [5, 5.41) is 14.8. The molecule has 0 saturated carbocycles. The molecule has 12 rings (SSSR count). The molecule has 0 amide bonds. The zero-order valence-corrected chi connectivity index (χ0v) is 29.9. The summed E-state index contributed by atoms with van der Waals surface area (Å²) in [5.74, 6) is 0.685. The first-order valence-electron chi connectivity index (χ1n) is 18.7. The third kappa shape index (κ3) is 3.96. The molecule has 2 heterocycles. The lowest BCUT2D eigenvalue weighted by atomic mass is 9.80. The fourth-order valence-corrected chi connectivity index (χ4v) is 9.57. The van der Waals surface area contributed by atoms with Gasteiger partial charge in [0.25, 0.3) is 0 Å². The summed E-state index contributed by atoms with van der Waals surface area (Å²) in [6.45, 7) is 4.65. The van der Waals surface area contributed by atoms with E-state index in [1.54, 1.807) is 0 Å². The lowest BCUT2D eigenvalue weighted by molar-refractivity contribution is 0.657. The summed E-state index contributed by atoms with van der Waals surface area (Å²) in [5.41, 5.74) is 8.63. The van der Waals surface area contributed by atoms with Gasteiger partial charge in [-0.25, -0.2) is 9.97 Å². The molecule has 252 valence electrons. The zero-order chi connectivity index (χ0) is 35.7. The fourth-order valence-electron chi connectivity index (χ4n) is 9.57. The van der Waals surface area contributed by atoms with Crippen molar-refractivity contribution in [2.24, 2.45) is 0 Å². The Balaban J connectivity index is 1.23. The quantitative estimate of drug-likeness (QED) is 0.169. The van der Waals surface area contributed by atoms with Crippen molar-refractivity contribution in [3.05, 3.63) is 175 Å². The topological polar surface area (TPSA) is 30.7 Å². The first-order chi connectivity index (χ1) is 26.5. The summed E-state index contributed by atoms with van der Waals surface area (Å²) in [7, 11) is 0. The van der Waals surface area contributed by atoms with E-state index in [1.165, 1.54) is 81.3 Å². The van der Waals surface area contributed by atoms with Crippen molar-refractivity contribution in [3.63, 3.8) is 0 Å². The number of rotatable bonds is 2.